The first-order valence-corrected chi connectivity index (χ1v) is 8.09. The molecule has 1 aromatic heterocycles. The lowest BCUT2D eigenvalue weighted by atomic mass is 10.0. The van der Waals surface area contributed by atoms with Crippen molar-refractivity contribution in [2.45, 2.75) is 12.8 Å². The van der Waals surface area contributed by atoms with E-state index in [9.17, 15) is 9.59 Å². The van der Waals surface area contributed by atoms with E-state index in [4.69, 9.17) is 4.74 Å². The van der Waals surface area contributed by atoms with Crippen LogP contribution in [0, 0.1) is 0 Å². The molecule has 2 aromatic rings. The van der Waals surface area contributed by atoms with E-state index >= 15 is 0 Å². The van der Waals surface area contributed by atoms with E-state index in [1.807, 2.05) is 23.1 Å². The number of para-hydroxylation sites is 1. The number of aromatic nitrogens is 1. The predicted octanol–water partition coefficient (Wildman–Crippen LogP) is 1.30. The number of anilines is 1. The highest BCUT2D eigenvalue weighted by Crippen LogP contribution is 2.26. The Kier molecular flexibility index (Phi) is 5.13. The molecule has 0 aliphatic carbocycles. The van der Waals surface area contributed by atoms with Crippen molar-refractivity contribution in [3.63, 3.8) is 0 Å². The second-order valence-electron chi connectivity index (χ2n) is 5.75. The average Bonchev–Trinajstić information content (AvgIpc) is 2.66. The van der Waals surface area contributed by atoms with Gasteiger partial charge < -0.3 is 9.64 Å². The fraction of sp³-hybridized carbons (Fsp3) is 0.278. The molecule has 2 N–H and O–H groups in total. The topological polar surface area (TPSA) is 83.6 Å². The summed E-state index contributed by atoms with van der Waals surface area (Å²) in [6.07, 6.45) is 3.42. The van der Waals surface area contributed by atoms with Gasteiger partial charge in [-0.25, -0.2) is 4.98 Å². The Hall–Kier alpha value is -3.09. The second-order valence-corrected chi connectivity index (χ2v) is 5.75. The Bertz CT molecular complexity index is 761. The van der Waals surface area contributed by atoms with Gasteiger partial charge in [0.15, 0.2) is 0 Å². The molecule has 2 amide bonds. The minimum absolute atomic E-state index is 0.193. The molecule has 0 atom stereocenters. The molecule has 0 radical (unpaired) electrons. The van der Waals surface area contributed by atoms with Crippen molar-refractivity contribution in [1.29, 1.82) is 0 Å². The Morgan fingerprint density at radius 2 is 2.04 bits per heavy atom. The van der Waals surface area contributed by atoms with Crippen molar-refractivity contribution in [2.24, 2.45) is 0 Å². The number of hydrogen-bond donors (Lipinski definition) is 2. The molecule has 1 aliphatic rings. The highest BCUT2D eigenvalue weighted by atomic mass is 16.5. The molecule has 0 bridgehead atoms. The van der Waals surface area contributed by atoms with Crippen molar-refractivity contribution < 1.29 is 14.3 Å². The van der Waals surface area contributed by atoms with Crippen LogP contribution in [0.15, 0.2) is 42.6 Å². The number of carbonyl (C=O) groups is 2. The van der Waals surface area contributed by atoms with Crippen molar-refractivity contribution in [1.82, 2.24) is 15.8 Å². The zero-order chi connectivity index (χ0) is 17.6. The number of hydrogen-bond acceptors (Lipinski definition) is 5. The molecule has 0 saturated carbocycles. The summed E-state index contributed by atoms with van der Waals surface area (Å²) in [7, 11) is 1.50. The summed E-state index contributed by atoms with van der Waals surface area (Å²) in [6.45, 7) is 1.01. The fourth-order valence-electron chi connectivity index (χ4n) is 2.82. The third-order valence-electron chi connectivity index (χ3n) is 4.06. The molecule has 2 heterocycles. The van der Waals surface area contributed by atoms with E-state index < -0.39 is 5.91 Å². The third-order valence-corrected chi connectivity index (χ3v) is 4.06. The molecule has 1 aliphatic heterocycles. The van der Waals surface area contributed by atoms with Crippen LogP contribution in [-0.2, 0) is 11.2 Å². The van der Waals surface area contributed by atoms with Gasteiger partial charge in [-0.15, -0.1) is 0 Å². The second kappa shape index (κ2) is 7.65. The number of carbonyl (C=O) groups excluding carboxylic acids is 2. The molecule has 0 unspecified atom stereocenters. The summed E-state index contributed by atoms with van der Waals surface area (Å²) in [6, 6.07) is 11.2. The lowest BCUT2D eigenvalue weighted by molar-refractivity contribution is -0.120. The first kappa shape index (κ1) is 16.8. The zero-order valence-corrected chi connectivity index (χ0v) is 14.0. The monoisotopic (exact) mass is 340 g/mol. The number of methoxy groups -OCH3 is 1. The van der Waals surface area contributed by atoms with Gasteiger partial charge in [0.25, 0.3) is 11.8 Å². The summed E-state index contributed by atoms with van der Waals surface area (Å²) in [5.41, 5.74) is 7.51. The highest BCUT2D eigenvalue weighted by Gasteiger charge is 2.18. The number of hydrazine groups is 1. The predicted molar refractivity (Wildman–Crippen MR) is 93.4 cm³/mol. The SMILES string of the molecule is COc1ccc(C(=O)NNC(=O)CN2CCCc3ccccc32)cn1. The smallest absolute Gasteiger partial charge is 0.271 e. The number of pyridine rings is 1. The third kappa shape index (κ3) is 4.06. The first-order valence-electron chi connectivity index (χ1n) is 8.09. The Morgan fingerprint density at radius 3 is 2.80 bits per heavy atom. The van der Waals surface area contributed by atoms with Gasteiger partial charge in [0.05, 0.1) is 19.2 Å². The van der Waals surface area contributed by atoms with Crippen LogP contribution in [0.1, 0.15) is 22.3 Å². The van der Waals surface area contributed by atoms with E-state index in [1.54, 1.807) is 12.1 Å². The molecular formula is C18H20N4O3. The number of nitrogens with zero attached hydrogens (tertiary/aromatic N) is 2. The summed E-state index contributed by atoms with van der Waals surface area (Å²) < 4.78 is 4.94. The van der Waals surface area contributed by atoms with Gasteiger partial charge >= 0.3 is 0 Å². The number of aryl methyl sites for hydroxylation is 1. The minimum Gasteiger partial charge on any atom is -0.481 e. The van der Waals surface area contributed by atoms with Crippen molar-refractivity contribution in [3.05, 3.63) is 53.7 Å². The van der Waals surface area contributed by atoms with E-state index in [1.165, 1.54) is 18.9 Å². The summed E-state index contributed by atoms with van der Waals surface area (Å²) in [5, 5.41) is 0. The molecule has 7 nitrogen and oxygen atoms in total. The normalized spacial score (nSPS) is 12.9. The zero-order valence-electron chi connectivity index (χ0n) is 14.0. The Balaban J connectivity index is 1.54. The average molecular weight is 340 g/mol. The lowest BCUT2D eigenvalue weighted by Gasteiger charge is -2.30. The van der Waals surface area contributed by atoms with E-state index in [0.717, 1.165) is 25.1 Å². The summed E-state index contributed by atoms with van der Waals surface area (Å²) >= 11 is 0. The van der Waals surface area contributed by atoms with Gasteiger partial charge in [-0.2, -0.15) is 0 Å². The number of rotatable bonds is 4. The lowest BCUT2D eigenvalue weighted by Crippen LogP contribution is -2.47. The number of nitrogens with one attached hydrogen (secondary N) is 2. The largest absolute Gasteiger partial charge is 0.481 e. The summed E-state index contributed by atoms with van der Waals surface area (Å²) in [5.74, 6) is -0.279. The molecule has 1 aromatic carbocycles. The van der Waals surface area contributed by atoms with Crippen LogP contribution < -0.4 is 20.5 Å². The van der Waals surface area contributed by atoms with Gasteiger partial charge in [-0.1, -0.05) is 18.2 Å². The van der Waals surface area contributed by atoms with Gasteiger partial charge in [-0.05, 0) is 30.5 Å². The molecule has 0 spiro atoms. The minimum atomic E-state index is -0.428. The molecular weight excluding hydrogens is 320 g/mol. The van der Waals surface area contributed by atoms with Crippen LogP contribution >= 0.6 is 0 Å². The van der Waals surface area contributed by atoms with Crippen LogP contribution in [0.25, 0.3) is 0 Å². The van der Waals surface area contributed by atoms with Crippen molar-refractivity contribution >= 4 is 17.5 Å². The molecule has 0 fully saturated rings. The van der Waals surface area contributed by atoms with Gasteiger partial charge in [-0.3, -0.25) is 20.4 Å². The fourth-order valence-corrected chi connectivity index (χ4v) is 2.82. The molecule has 7 heteroatoms. The maximum atomic E-state index is 12.2. The van der Waals surface area contributed by atoms with Crippen molar-refractivity contribution in [2.75, 3.05) is 25.1 Å². The molecule has 25 heavy (non-hydrogen) atoms. The Morgan fingerprint density at radius 1 is 1.20 bits per heavy atom. The van der Waals surface area contributed by atoms with Crippen LogP contribution in [0.5, 0.6) is 5.88 Å². The van der Waals surface area contributed by atoms with E-state index in [2.05, 4.69) is 21.9 Å². The first-order chi connectivity index (χ1) is 12.2. The molecule has 130 valence electrons. The summed E-state index contributed by atoms with van der Waals surface area (Å²) in [4.78, 5) is 30.2. The van der Waals surface area contributed by atoms with Gasteiger partial charge in [0.2, 0.25) is 5.88 Å². The highest BCUT2D eigenvalue weighted by molar-refractivity contribution is 5.95. The molecule has 0 saturated heterocycles. The van der Waals surface area contributed by atoms with Gasteiger partial charge in [0, 0.05) is 24.5 Å². The van der Waals surface area contributed by atoms with Crippen molar-refractivity contribution in [3.8, 4) is 5.88 Å². The maximum absolute atomic E-state index is 12.2. The van der Waals surface area contributed by atoms with Crippen LogP contribution in [0.3, 0.4) is 0 Å². The van der Waals surface area contributed by atoms with E-state index in [0.29, 0.717) is 11.4 Å². The van der Waals surface area contributed by atoms with Gasteiger partial charge in [0.1, 0.15) is 0 Å². The number of amides is 2. The quantitative estimate of drug-likeness (QED) is 0.820. The van der Waals surface area contributed by atoms with Crippen LogP contribution in [0.2, 0.25) is 0 Å². The number of benzene rings is 1. The number of fused-ring (bicyclic) bond motifs is 1. The number of ether oxygens (including phenoxy) is 1. The standard InChI is InChI=1S/C18H20N4O3/c1-25-17-9-8-14(11-19-17)18(24)21-20-16(23)12-22-10-4-6-13-5-2-3-7-15(13)22/h2-3,5,7-9,11H,4,6,10,12H2,1H3,(H,20,23)(H,21,24). The van der Waals surface area contributed by atoms with E-state index in [-0.39, 0.29) is 12.5 Å². The Labute approximate surface area is 146 Å². The molecule has 3 rings (SSSR count). The maximum Gasteiger partial charge on any atom is 0.271 e. The van der Waals surface area contributed by atoms with Crippen LogP contribution in [0.4, 0.5) is 5.69 Å². The van der Waals surface area contributed by atoms with Crippen LogP contribution in [-0.4, -0.2) is 37.0 Å².